The van der Waals surface area contributed by atoms with Crippen molar-refractivity contribution in [3.63, 3.8) is 0 Å². The highest BCUT2D eigenvalue weighted by atomic mass is 32.1. The standard InChI is InChI=1S/C19H33N3O7S/c1-4-9-28-17(25)11-22(16(24)6-3)18(26)14(12-30)21-15(23)8-7-13(20)19(27)29-10-5-2/h13-14,30H,4-12,20H2,1-3H3,(H,21,23). The number of rotatable bonds is 14. The number of nitrogens with two attached hydrogens (primary N) is 1. The lowest BCUT2D eigenvalue weighted by Crippen LogP contribution is -2.53. The van der Waals surface area contributed by atoms with Crippen LogP contribution in [0.5, 0.6) is 0 Å². The van der Waals surface area contributed by atoms with Crippen molar-refractivity contribution in [2.75, 3.05) is 25.5 Å². The minimum Gasteiger partial charge on any atom is -0.465 e. The van der Waals surface area contributed by atoms with E-state index in [2.05, 4.69) is 17.9 Å². The number of ether oxygens (including phenoxy) is 2. The van der Waals surface area contributed by atoms with Crippen molar-refractivity contribution in [2.45, 2.75) is 65.0 Å². The maximum atomic E-state index is 12.7. The molecule has 0 aliphatic rings. The first kappa shape index (κ1) is 27.9. The summed E-state index contributed by atoms with van der Waals surface area (Å²) in [5, 5.41) is 2.46. The average molecular weight is 448 g/mol. The zero-order valence-electron chi connectivity index (χ0n) is 17.8. The van der Waals surface area contributed by atoms with Crippen LogP contribution in [0.15, 0.2) is 0 Å². The molecule has 0 aromatic rings. The predicted molar refractivity (Wildman–Crippen MR) is 113 cm³/mol. The van der Waals surface area contributed by atoms with E-state index in [1.165, 1.54) is 0 Å². The van der Waals surface area contributed by atoms with Gasteiger partial charge in [0.15, 0.2) is 0 Å². The summed E-state index contributed by atoms with van der Waals surface area (Å²) in [4.78, 5) is 61.3. The monoisotopic (exact) mass is 447 g/mol. The first-order valence-corrected chi connectivity index (χ1v) is 10.7. The van der Waals surface area contributed by atoms with Gasteiger partial charge in [-0.15, -0.1) is 0 Å². The lowest BCUT2D eigenvalue weighted by molar-refractivity contribution is -0.156. The lowest BCUT2D eigenvalue weighted by Gasteiger charge is -2.25. The molecule has 0 rings (SSSR count). The number of esters is 2. The largest absolute Gasteiger partial charge is 0.465 e. The van der Waals surface area contributed by atoms with E-state index >= 15 is 0 Å². The van der Waals surface area contributed by atoms with Crippen LogP contribution in [0.2, 0.25) is 0 Å². The zero-order chi connectivity index (χ0) is 23.1. The first-order valence-electron chi connectivity index (χ1n) is 10.0. The van der Waals surface area contributed by atoms with Crippen molar-refractivity contribution in [3.8, 4) is 0 Å². The van der Waals surface area contributed by atoms with Crippen LogP contribution in [-0.4, -0.2) is 72.2 Å². The summed E-state index contributed by atoms with van der Waals surface area (Å²) in [6.45, 7) is 5.09. The third kappa shape index (κ3) is 10.6. The molecule has 11 heteroatoms. The molecule has 2 atom stereocenters. The molecule has 0 aliphatic carbocycles. The quantitative estimate of drug-likeness (QED) is 0.253. The topological polar surface area (TPSA) is 145 Å². The highest BCUT2D eigenvalue weighted by Gasteiger charge is 2.30. The number of hydrogen-bond acceptors (Lipinski definition) is 9. The van der Waals surface area contributed by atoms with Crippen LogP contribution >= 0.6 is 12.6 Å². The Morgan fingerprint density at radius 1 is 1.03 bits per heavy atom. The van der Waals surface area contributed by atoms with Crippen LogP contribution in [-0.2, 0) is 33.4 Å². The van der Waals surface area contributed by atoms with E-state index in [9.17, 15) is 24.0 Å². The number of nitrogens with one attached hydrogen (secondary N) is 1. The van der Waals surface area contributed by atoms with Crippen molar-refractivity contribution >= 4 is 42.3 Å². The molecule has 0 fully saturated rings. The van der Waals surface area contributed by atoms with Gasteiger partial charge in [-0.3, -0.25) is 28.9 Å². The molecule has 2 unspecified atom stereocenters. The van der Waals surface area contributed by atoms with Crippen molar-refractivity contribution in [2.24, 2.45) is 5.73 Å². The molecule has 0 aromatic heterocycles. The van der Waals surface area contributed by atoms with Crippen LogP contribution in [0, 0.1) is 0 Å². The fourth-order valence-corrected chi connectivity index (χ4v) is 2.47. The third-order valence-corrected chi connectivity index (χ3v) is 4.24. The molecule has 0 saturated heterocycles. The fourth-order valence-electron chi connectivity index (χ4n) is 2.22. The van der Waals surface area contributed by atoms with Crippen LogP contribution in [0.25, 0.3) is 0 Å². The molecule has 0 aliphatic heterocycles. The highest BCUT2D eigenvalue weighted by Crippen LogP contribution is 2.05. The Kier molecular flexibility index (Phi) is 14.5. The van der Waals surface area contributed by atoms with E-state index < -0.39 is 48.3 Å². The molecule has 0 radical (unpaired) electrons. The van der Waals surface area contributed by atoms with Gasteiger partial charge in [-0.25, -0.2) is 0 Å². The maximum absolute atomic E-state index is 12.7. The smallest absolute Gasteiger partial charge is 0.326 e. The SMILES string of the molecule is CCCOC(=O)CN(C(=O)CC)C(=O)C(CS)NC(=O)CCC(N)C(=O)OCCC. The summed E-state index contributed by atoms with van der Waals surface area (Å²) in [5.74, 6) is -3.28. The van der Waals surface area contributed by atoms with Gasteiger partial charge >= 0.3 is 11.9 Å². The minimum absolute atomic E-state index is 0.00520. The molecule has 30 heavy (non-hydrogen) atoms. The number of carbonyl (C=O) groups is 5. The summed E-state index contributed by atoms with van der Waals surface area (Å²) in [7, 11) is 0. The molecule has 0 heterocycles. The third-order valence-electron chi connectivity index (χ3n) is 3.87. The lowest BCUT2D eigenvalue weighted by atomic mass is 10.1. The molecule has 10 nitrogen and oxygen atoms in total. The van der Waals surface area contributed by atoms with Gasteiger partial charge in [-0.1, -0.05) is 20.8 Å². The van der Waals surface area contributed by atoms with Gasteiger partial charge in [0.05, 0.1) is 13.2 Å². The Morgan fingerprint density at radius 2 is 1.63 bits per heavy atom. The van der Waals surface area contributed by atoms with Gasteiger partial charge in [0, 0.05) is 18.6 Å². The van der Waals surface area contributed by atoms with Crippen LogP contribution in [0.1, 0.15) is 52.9 Å². The molecular weight excluding hydrogens is 414 g/mol. The summed E-state index contributed by atoms with van der Waals surface area (Å²) in [5.41, 5.74) is 5.69. The van der Waals surface area contributed by atoms with E-state index in [-0.39, 0.29) is 38.2 Å². The Morgan fingerprint density at radius 3 is 2.17 bits per heavy atom. The zero-order valence-corrected chi connectivity index (χ0v) is 18.7. The molecule has 0 saturated carbocycles. The normalized spacial score (nSPS) is 12.4. The summed E-state index contributed by atoms with van der Waals surface area (Å²) in [6, 6.07) is -2.09. The van der Waals surface area contributed by atoms with E-state index in [0.29, 0.717) is 12.8 Å². The van der Waals surface area contributed by atoms with E-state index in [4.69, 9.17) is 15.2 Å². The Labute approximate surface area is 182 Å². The van der Waals surface area contributed by atoms with Crippen molar-refractivity contribution in [3.05, 3.63) is 0 Å². The molecular formula is C19H33N3O7S. The fraction of sp³-hybridized carbons (Fsp3) is 0.737. The van der Waals surface area contributed by atoms with Gasteiger partial charge < -0.3 is 20.5 Å². The summed E-state index contributed by atoms with van der Waals surface area (Å²) >= 11 is 4.06. The number of thiol groups is 1. The number of hydrogen-bond donors (Lipinski definition) is 3. The minimum atomic E-state index is -1.13. The van der Waals surface area contributed by atoms with Crippen LogP contribution in [0.4, 0.5) is 0 Å². The Balaban J connectivity index is 4.89. The molecule has 3 N–H and O–H groups in total. The summed E-state index contributed by atoms with van der Waals surface area (Å²) < 4.78 is 9.84. The van der Waals surface area contributed by atoms with Crippen molar-refractivity contribution in [1.29, 1.82) is 0 Å². The van der Waals surface area contributed by atoms with E-state index in [1.54, 1.807) is 6.92 Å². The molecule has 0 spiro atoms. The van der Waals surface area contributed by atoms with Crippen molar-refractivity contribution in [1.82, 2.24) is 10.2 Å². The average Bonchev–Trinajstić information content (AvgIpc) is 2.74. The number of imide groups is 1. The molecule has 172 valence electrons. The van der Waals surface area contributed by atoms with Gasteiger partial charge in [-0.05, 0) is 19.3 Å². The van der Waals surface area contributed by atoms with Gasteiger partial charge in [0.2, 0.25) is 11.8 Å². The highest BCUT2D eigenvalue weighted by molar-refractivity contribution is 7.80. The Bertz CT molecular complexity index is 601. The molecule has 0 aromatic carbocycles. The van der Waals surface area contributed by atoms with E-state index in [1.807, 2.05) is 13.8 Å². The molecule has 0 bridgehead atoms. The second kappa shape index (κ2) is 15.7. The van der Waals surface area contributed by atoms with E-state index in [0.717, 1.165) is 4.90 Å². The number of carbonyl (C=O) groups excluding carboxylic acids is 5. The van der Waals surface area contributed by atoms with Gasteiger partial charge in [-0.2, -0.15) is 12.6 Å². The van der Waals surface area contributed by atoms with Crippen LogP contribution in [0.3, 0.4) is 0 Å². The second-order valence-corrected chi connectivity index (χ2v) is 6.87. The molecule has 3 amide bonds. The van der Waals surface area contributed by atoms with Crippen LogP contribution < -0.4 is 11.1 Å². The Hall–Kier alpha value is -2.14. The number of amides is 3. The van der Waals surface area contributed by atoms with Gasteiger partial charge in [0.25, 0.3) is 5.91 Å². The second-order valence-electron chi connectivity index (χ2n) is 6.51. The first-order chi connectivity index (χ1) is 14.2. The predicted octanol–water partition coefficient (Wildman–Crippen LogP) is 0.180. The van der Waals surface area contributed by atoms with Crippen molar-refractivity contribution < 1.29 is 33.4 Å². The maximum Gasteiger partial charge on any atom is 0.326 e. The number of nitrogens with zero attached hydrogens (tertiary/aromatic N) is 1. The summed E-state index contributed by atoms with van der Waals surface area (Å²) in [6.07, 6.45) is 1.16. The van der Waals surface area contributed by atoms with Gasteiger partial charge in [0.1, 0.15) is 18.6 Å².